The van der Waals surface area contributed by atoms with Gasteiger partial charge in [-0.15, -0.1) is 0 Å². The fourth-order valence-corrected chi connectivity index (χ4v) is 3.06. The van der Waals surface area contributed by atoms with Gasteiger partial charge in [0, 0.05) is 31.8 Å². The van der Waals surface area contributed by atoms with Gasteiger partial charge in [-0.1, -0.05) is 20.8 Å². The van der Waals surface area contributed by atoms with Crippen LogP contribution in [0.3, 0.4) is 0 Å². The maximum Gasteiger partial charge on any atom is 0.217 e. The third-order valence-electron chi connectivity index (χ3n) is 4.47. The molecule has 1 heterocycles. The fraction of sp³-hybridized carbons (Fsp3) is 0.455. The average Bonchev–Trinajstić information content (AvgIpc) is 2.56. The second kappa shape index (κ2) is 9.73. The molecule has 0 saturated heterocycles. The molecule has 0 saturated carbocycles. The number of amides is 1. The summed E-state index contributed by atoms with van der Waals surface area (Å²) in [6.45, 7) is 9.18. The number of nitrogens with one attached hydrogen (secondary N) is 2. The van der Waals surface area contributed by atoms with Crippen LogP contribution in [0.25, 0.3) is 0 Å². The SMILES string of the molecule is CC(=O)N[C@H](CCNCc1cc(C(C)(C)C)ccn1)Cc1cc(F)cc(F)c1. The van der Waals surface area contributed by atoms with Gasteiger partial charge in [-0.25, -0.2) is 8.78 Å². The molecule has 6 heteroatoms. The topological polar surface area (TPSA) is 54.0 Å². The van der Waals surface area contributed by atoms with Crippen molar-refractivity contribution in [1.82, 2.24) is 15.6 Å². The lowest BCUT2D eigenvalue weighted by atomic mass is 9.87. The Morgan fingerprint density at radius 2 is 1.82 bits per heavy atom. The number of hydrogen-bond acceptors (Lipinski definition) is 3. The van der Waals surface area contributed by atoms with Crippen LogP contribution in [0.15, 0.2) is 36.5 Å². The number of hydrogen-bond donors (Lipinski definition) is 2. The largest absolute Gasteiger partial charge is 0.353 e. The lowest BCUT2D eigenvalue weighted by molar-refractivity contribution is -0.119. The second-order valence-electron chi connectivity index (χ2n) is 8.13. The van der Waals surface area contributed by atoms with Crippen molar-refractivity contribution in [3.8, 4) is 0 Å². The van der Waals surface area contributed by atoms with Crippen molar-refractivity contribution in [2.24, 2.45) is 0 Å². The highest BCUT2D eigenvalue weighted by atomic mass is 19.1. The van der Waals surface area contributed by atoms with Crippen LogP contribution in [0.1, 0.15) is 50.9 Å². The van der Waals surface area contributed by atoms with Crippen molar-refractivity contribution in [3.63, 3.8) is 0 Å². The van der Waals surface area contributed by atoms with Gasteiger partial charge in [0.15, 0.2) is 0 Å². The van der Waals surface area contributed by atoms with E-state index in [2.05, 4.69) is 42.5 Å². The van der Waals surface area contributed by atoms with Crippen LogP contribution >= 0.6 is 0 Å². The Morgan fingerprint density at radius 1 is 1.14 bits per heavy atom. The second-order valence-corrected chi connectivity index (χ2v) is 8.13. The number of carbonyl (C=O) groups excluding carboxylic acids is 1. The number of halogens is 2. The predicted octanol–water partition coefficient (Wildman–Crippen LogP) is 3.88. The van der Waals surface area contributed by atoms with Gasteiger partial charge >= 0.3 is 0 Å². The molecule has 1 atom stereocenters. The molecule has 28 heavy (non-hydrogen) atoms. The van der Waals surface area contributed by atoms with E-state index in [-0.39, 0.29) is 17.4 Å². The standard InChI is InChI=1S/C22H29F2N3O/c1-15(28)27-20(11-16-9-18(23)13-19(24)10-16)6-7-25-14-21-12-17(5-8-26-21)22(2,3)4/h5,8-10,12-13,20,25H,6-7,11,14H2,1-4H3,(H,27,28)/t20-/m1/s1. The van der Waals surface area contributed by atoms with Gasteiger partial charge in [0.25, 0.3) is 0 Å². The molecule has 0 bridgehead atoms. The van der Waals surface area contributed by atoms with Crippen LogP contribution in [0, 0.1) is 11.6 Å². The molecule has 0 radical (unpaired) electrons. The predicted molar refractivity (Wildman–Crippen MR) is 107 cm³/mol. The molecule has 2 N–H and O–H groups in total. The molecule has 4 nitrogen and oxygen atoms in total. The number of pyridine rings is 1. The summed E-state index contributed by atoms with van der Waals surface area (Å²) in [7, 11) is 0. The van der Waals surface area contributed by atoms with Crippen LogP contribution in [0.4, 0.5) is 8.78 Å². The Balaban J connectivity index is 1.90. The van der Waals surface area contributed by atoms with E-state index < -0.39 is 11.6 Å². The molecule has 1 aromatic heterocycles. The van der Waals surface area contributed by atoms with Gasteiger partial charge in [-0.3, -0.25) is 9.78 Å². The number of rotatable bonds is 8. The lowest BCUT2D eigenvalue weighted by Crippen LogP contribution is -2.37. The van der Waals surface area contributed by atoms with Crippen LogP contribution in [0.5, 0.6) is 0 Å². The summed E-state index contributed by atoms with van der Waals surface area (Å²) in [5.41, 5.74) is 2.77. The van der Waals surface area contributed by atoms with Crippen molar-refractivity contribution >= 4 is 5.91 Å². The normalized spacial score (nSPS) is 12.6. The average molecular weight is 389 g/mol. The highest BCUT2D eigenvalue weighted by Gasteiger charge is 2.15. The fourth-order valence-electron chi connectivity index (χ4n) is 3.06. The molecule has 0 aliphatic carbocycles. The zero-order chi connectivity index (χ0) is 20.7. The molecule has 0 unspecified atom stereocenters. The minimum Gasteiger partial charge on any atom is -0.353 e. The number of carbonyl (C=O) groups is 1. The Hall–Kier alpha value is -2.34. The zero-order valence-corrected chi connectivity index (χ0v) is 17.0. The van der Waals surface area contributed by atoms with Gasteiger partial charge in [-0.05, 0) is 60.2 Å². The molecule has 1 aromatic carbocycles. The summed E-state index contributed by atoms with van der Waals surface area (Å²) in [5, 5.41) is 6.19. The first-order valence-corrected chi connectivity index (χ1v) is 9.51. The minimum absolute atomic E-state index is 0.0639. The Kier molecular flexibility index (Phi) is 7.63. The molecule has 2 aromatic rings. The van der Waals surface area contributed by atoms with Gasteiger partial charge in [0.1, 0.15) is 11.6 Å². The minimum atomic E-state index is -0.612. The van der Waals surface area contributed by atoms with Crippen molar-refractivity contribution in [2.45, 2.75) is 58.5 Å². The van der Waals surface area contributed by atoms with Crippen molar-refractivity contribution < 1.29 is 13.6 Å². The number of aromatic nitrogens is 1. The van der Waals surface area contributed by atoms with E-state index in [1.54, 1.807) is 0 Å². The first-order chi connectivity index (χ1) is 13.1. The number of nitrogens with zero attached hydrogens (tertiary/aromatic N) is 1. The summed E-state index contributed by atoms with van der Waals surface area (Å²) in [6.07, 6.45) is 2.82. The lowest BCUT2D eigenvalue weighted by Gasteiger charge is -2.20. The Bertz CT molecular complexity index is 782. The van der Waals surface area contributed by atoms with Gasteiger partial charge in [0.05, 0.1) is 5.69 Å². The summed E-state index contributed by atoms with van der Waals surface area (Å²) in [6, 6.07) is 7.35. The summed E-state index contributed by atoms with van der Waals surface area (Å²) in [4.78, 5) is 15.9. The molecule has 0 aliphatic rings. The molecule has 1 amide bonds. The van der Waals surface area contributed by atoms with E-state index >= 15 is 0 Å². The third kappa shape index (κ3) is 7.35. The Morgan fingerprint density at radius 3 is 2.43 bits per heavy atom. The quantitative estimate of drug-likeness (QED) is 0.674. The van der Waals surface area contributed by atoms with Gasteiger partial charge in [0.2, 0.25) is 5.91 Å². The summed E-state index contributed by atoms with van der Waals surface area (Å²) in [5.74, 6) is -1.39. The van der Waals surface area contributed by atoms with Crippen molar-refractivity contribution in [1.29, 1.82) is 0 Å². The van der Waals surface area contributed by atoms with E-state index in [0.717, 1.165) is 11.8 Å². The van der Waals surface area contributed by atoms with Crippen LogP contribution in [0.2, 0.25) is 0 Å². The zero-order valence-electron chi connectivity index (χ0n) is 17.0. The van der Waals surface area contributed by atoms with Gasteiger partial charge < -0.3 is 10.6 Å². The van der Waals surface area contributed by atoms with Crippen molar-refractivity contribution in [3.05, 3.63) is 65.0 Å². The molecular formula is C22H29F2N3O. The first kappa shape index (κ1) is 22.0. The highest BCUT2D eigenvalue weighted by Crippen LogP contribution is 2.21. The van der Waals surface area contributed by atoms with E-state index in [1.807, 2.05) is 12.3 Å². The van der Waals surface area contributed by atoms with Gasteiger partial charge in [-0.2, -0.15) is 0 Å². The van der Waals surface area contributed by atoms with E-state index in [1.165, 1.54) is 24.6 Å². The maximum atomic E-state index is 13.4. The Labute approximate surface area is 165 Å². The molecule has 0 aliphatic heterocycles. The van der Waals surface area contributed by atoms with Crippen LogP contribution in [-0.4, -0.2) is 23.5 Å². The van der Waals surface area contributed by atoms with E-state index in [9.17, 15) is 13.6 Å². The van der Waals surface area contributed by atoms with Crippen LogP contribution in [-0.2, 0) is 23.2 Å². The summed E-state index contributed by atoms with van der Waals surface area (Å²) < 4.78 is 26.8. The highest BCUT2D eigenvalue weighted by molar-refractivity contribution is 5.73. The van der Waals surface area contributed by atoms with E-state index in [0.29, 0.717) is 31.5 Å². The molecule has 2 rings (SSSR count). The first-order valence-electron chi connectivity index (χ1n) is 9.51. The molecule has 0 fully saturated rings. The third-order valence-corrected chi connectivity index (χ3v) is 4.47. The maximum absolute atomic E-state index is 13.4. The van der Waals surface area contributed by atoms with Crippen LogP contribution < -0.4 is 10.6 Å². The monoisotopic (exact) mass is 389 g/mol. The van der Waals surface area contributed by atoms with E-state index in [4.69, 9.17) is 0 Å². The molecule has 152 valence electrons. The molecular weight excluding hydrogens is 360 g/mol. The smallest absolute Gasteiger partial charge is 0.217 e. The molecule has 0 spiro atoms. The number of benzene rings is 1. The van der Waals surface area contributed by atoms with Crippen molar-refractivity contribution in [2.75, 3.05) is 6.54 Å². The summed E-state index contributed by atoms with van der Waals surface area (Å²) >= 11 is 0.